The van der Waals surface area contributed by atoms with Gasteiger partial charge in [0.25, 0.3) is 5.56 Å². The highest BCUT2D eigenvalue weighted by atomic mass is 35.5. The van der Waals surface area contributed by atoms with Gasteiger partial charge in [0.05, 0.1) is 22.9 Å². The Balaban J connectivity index is 1.54. The van der Waals surface area contributed by atoms with Gasteiger partial charge in [-0.3, -0.25) is 14.2 Å². The van der Waals surface area contributed by atoms with Crippen LogP contribution in [0.25, 0.3) is 11.8 Å². The molecule has 1 aliphatic heterocycles. The molecule has 0 amide bonds. The van der Waals surface area contributed by atoms with E-state index in [1.807, 2.05) is 47.9 Å². The number of benzene rings is 3. The number of fused-ring (bicyclic) bond motifs is 3. The Morgan fingerprint density at radius 2 is 1.90 bits per heavy atom. The number of nitrogens with zero attached hydrogens (tertiary/aromatic N) is 2. The predicted molar refractivity (Wildman–Crippen MR) is 153 cm³/mol. The number of carbonyl (C=O) groups is 1. The predicted octanol–water partition coefficient (Wildman–Crippen LogP) is 5.30. The maximum Gasteiger partial charge on any atom is 0.308 e. The van der Waals surface area contributed by atoms with E-state index in [0.717, 1.165) is 40.8 Å². The second-order valence-corrected chi connectivity index (χ2v) is 10.8. The molecule has 1 aromatic heterocycles. The number of rotatable bonds is 5. The molecule has 2 aliphatic rings. The zero-order chi connectivity index (χ0) is 27.1. The van der Waals surface area contributed by atoms with Gasteiger partial charge in [0.2, 0.25) is 0 Å². The normalized spacial score (nSPS) is 16.2. The molecule has 1 aliphatic carbocycles. The smallest absolute Gasteiger partial charge is 0.308 e. The highest BCUT2D eigenvalue weighted by Gasteiger charge is 2.32. The van der Waals surface area contributed by atoms with E-state index in [9.17, 15) is 9.59 Å². The Morgan fingerprint density at radius 1 is 1.10 bits per heavy atom. The second-order valence-electron chi connectivity index (χ2n) is 9.40. The highest BCUT2D eigenvalue weighted by Crippen LogP contribution is 2.41. The summed E-state index contributed by atoms with van der Waals surface area (Å²) in [4.78, 5) is 31.2. The number of hydrogen-bond donors (Lipinski definition) is 0. The van der Waals surface area contributed by atoms with Crippen molar-refractivity contribution in [3.63, 3.8) is 0 Å². The molecule has 6 nitrogen and oxygen atoms in total. The minimum Gasteiger partial charge on any atom is -0.490 e. The summed E-state index contributed by atoms with van der Waals surface area (Å²) in [5, 5.41) is 0.650. The van der Waals surface area contributed by atoms with E-state index >= 15 is 0 Å². The lowest BCUT2D eigenvalue weighted by Crippen LogP contribution is -2.38. The minimum absolute atomic E-state index is 0.105. The summed E-state index contributed by atoms with van der Waals surface area (Å²) < 4.78 is 13.3. The Hall–Kier alpha value is -3.94. The van der Waals surface area contributed by atoms with Gasteiger partial charge in [-0.1, -0.05) is 65.4 Å². The fourth-order valence-corrected chi connectivity index (χ4v) is 6.37. The molecule has 39 heavy (non-hydrogen) atoms. The first-order chi connectivity index (χ1) is 18.9. The van der Waals surface area contributed by atoms with Crippen LogP contribution in [0.1, 0.15) is 48.6 Å². The summed E-state index contributed by atoms with van der Waals surface area (Å²) in [7, 11) is 0. The lowest BCUT2D eigenvalue weighted by atomic mass is 9.83. The number of thiazole rings is 1. The van der Waals surface area contributed by atoms with Gasteiger partial charge in [-0.05, 0) is 72.4 Å². The number of allylic oxidation sites excluding steroid dienone is 1. The van der Waals surface area contributed by atoms with Crippen molar-refractivity contribution in [2.75, 3.05) is 6.61 Å². The average molecular weight is 557 g/mol. The maximum atomic E-state index is 13.9. The molecular formula is C31H25ClN2O4S. The first-order valence-corrected chi connectivity index (χ1v) is 14.0. The van der Waals surface area contributed by atoms with Crippen LogP contribution < -0.4 is 24.4 Å². The molecule has 0 radical (unpaired) electrons. The molecular weight excluding hydrogens is 532 g/mol. The van der Waals surface area contributed by atoms with Gasteiger partial charge in [0.15, 0.2) is 16.3 Å². The van der Waals surface area contributed by atoms with Crippen molar-refractivity contribution < 1.29 is 14.3 Å². The minimum atomic E-state index is -0.426. The topological polar surface area (TPSA) is 69.9 Å². The van der Waals surface area contributed by atoms with Gasteiger partial charge in [0, 0.05) is 17.5 Å². The van der Waals surface area contributed by atoms with Crippen LogP contribution in [0, 0.1) is 0 Å². The molecule has 0 spiro atoms. The molecule has 6 rings (SSSR count). The third-order valence-corrected chi connectivity index (χ3v) is 8.11. The summed E-state index contributed by atoms with van der Waals surface area (Å²) in [6, 6.07) is 21.1. The Morgan fingerprint density at radius 3 is 2.67 bits per heavy atom. The molecule has 2 heterocycles. The lowest BCUT2D eigenvalue weighted by Gasteiger charge is -2.30. The summed E-state index contributed by atoms with van der Waals surface area (Å²) in [5.41, 5.74) is 6.14. The Bertz CT molecular complexity index is 1820. The van der Waals surface area contributed by atoms with Crippen LogP contribution in [0.15, 0.2) is 82.1 Å². The van der Waals surface area contributed by atoms with Crippen molar-refractivity contribution in [3.05, 3.63) is 119 Å². The molecule has 0 fully saturated rings. The van der Waals surface area contributed by atoms with Gasteiger partial charge < -0.3 is 9.47 Å². The maximum absolute atomic E-state index is 13.9. The van der Waals surface area contributed by atoms with Crippen LogP contribution in [-0.4, -0.2) is 17.1 Å². The summed E-state index contributed by atoms with van der Waals surface area (Å²) in [6.45, 7) is 3.62. The van der Waals surface area contributed by atoms with Crippen molar-refractivity contribution in [1.82, 2.24) is 4.57 Å². The third kappa shape index (κ3) is 4.73. The molecule has 0 N–H and O–H groups in total. The molecule has 0 unspecified atom stereocenters. The average Bonchev–Trinajstić information content (AvgIpc) is 3.23. The third-order valence-electron chi connectivity index (χ3n) is 6.88. The van der Waals surface area contributed by atoms with E-state index < -0.39 is 5.97 Å². The van der Waals surface area contributed by atoms with Crippen molar-refractivity contribution >= 4 is 40.7 Å². The molecule has 8 heteroatoms. The van der Waals surface area contributed by atoms with Gasteiger partial charge in [-0.2, -0.15) is 0 Å². The van der Waals surface area contributed by atoms with Crippen LogP contribution in [0.2, 0.25) is 5.02 Å². The quantitative estimate of drug-likeness (QED) is 0.247. The van der Waals surface area contributed by atoms with E-state index in [4.69, 9.17) is 26.1 Å². The number of halogens is 1. The zero-order valence-electron chi connectivity index (χ0n) is 21.4. The molecule has 196 valence electrons. The summed E-state index contributed by atoms with van der Waals surface area (Å²) in [5.74, 6) is 0.363. The van der Waals surface area contributed by atoms with Crippen LogP contribution in [0.4, 0.5) is 0 Å². The van der Waals surface area contributed by atoms with Gasteiger partial charge >= 0.3 is 5.97 Å². The number of aromatic nitrogens is 1. The van der Waals surface area contributed by atoms with E-state index in [-0.39, 0.29) is 11.6 Å². The van der Waals surface area contributed by atoms with Crippen molar-refractivity contribution in [2.45, 2.75) is 32.7 Å². The van der Waals surface area contributed by atoms with Gasteiger partial charge in [0.1, 0.15) is 0 Å². The van der Waals surface area contributed by atoms with E-state index in [1.54, 1.807) is 18.2 Å². The fraction of sp³-hybridized carbons (Fsp3) is 0.194. The van der Waals surface area contributed by atoms with Gasteiger partial charge in [-0.15, -0.1) is 0 Å². The van der Waals surface area contributed by atoms with Gasteiger partial charge in [-0.25, -0.2) is 4.99 Å². The van der Waals surface area contributed by atoms with Crippen LogP contribution in [0.5, 0.6) is 11.5 Å². The number of carbonyl (C=O) groups excluding carboxylic acids is 1. The molecule has 0 bridgehead atoms. The standard InChI is InChI=1S/C31H25ClN2O4S/c1-3-37-26-16-19(8-15-25(26)38-18(2)35)17-27-30(36)34-29(21-9-12-22(32)13-10-21)24-14-11-20-6-4-5-7-23(20)28(24)33-31(34)39-27/h4-10,12-13,15-17,29H,3,11,14H2,1-2H3/b27-17+/t29-/m1/s1. The van der Waals surface area contributed by atoms with Crippen molar-refractivity contribution in [1.29, 1.82) is 0 Å². The van der Waals surface area contributed by atoms with Crippen LogP contribution in [-0.2, 0) is 11.2 Å². The number of ether oxygens (including phenoxy) is 2. The molecule has 0 saturated heterocycles. The number of esters is 1. The number of hydrogen-bond acceptors (Lipinski definition) is 6. The molecule has 3 aromatic carbocycles. The Kier molecular flexibility index (Phi) is 6.71. The van der Waals surface area contributed by atoms with E-state index in [0.29, 0.717) is 32.5 Å². The van der Waals surface area contributed by atoms with Crippen molar-refractivity contribution in [3.8, 4) is 11.5 Å². The Labute approximate surface area is 234 Å². The first kappa shape index (κ1) is 25.3. The van der Waals surface area contributed by atoms with Crippen molar-refractivity contribution in [2.24, 2.45) is 4.99 Å². The molecule has 1 atom stereocenters. The summed E-state index contributed by atoms with van der Waals surface area (Å²) in [6.07, 6.45) is 3.55. The molecule has 0 saturated carbocycles. The monoisotopic (exact) mass is 556 g/mol. The zero-order valence-corrected chi connectivity index (χ0v) is 23.0. The SMILES string of the molecule is CCOc1cc(/C=c2/sc3n(c2=O)[C@H](c2ccc(Cl)cc2)C2=C(N=3)c3ccccc3CC2)ccc1OC(C)=O. The van der Waals surface area contributed by atoms with E-state index in [1.165, 1.54) is 23.8 Å². The fourth-order valence-electron chi connectivity index (χ4n) is 5.24. The largest absolute Gasteiger partial charge is 0.490 e. The summed E-state index contributed by atoms with van der Waals surface area (Å²) >= 11 is 7.58. The lowest BCUT2D eigenvalue weighted by molar-refractivity contribution is -0.132. The van der Waals surface area contributed by atoms with Crippen LogP contribution >= 0.6 is 22.9 Å². The molecule has 4 aromatic rings. The second kappa shape index (κ2) is 10.3. The highest BCUT2D eigenvalue weighted by molar-refractivity contribution is 7.07. The number of aryl methyl sites for hydroxylation is 1. The first-order valence-electron chi connectivity index (χ1n) is 12.8. The van der Waals surface area contributed by atoms with E-state index in [2.05, 4.69) is 18.2 Å². The van der Waals surface area contributed by atoms with Crippen LogP contribution in [0.3, 0.4) is 0 Å².